The molecular formula is C27H30F3NO2. The van der Waals surface area contributed by atoms with E-state index in [9.17, 15) is 18.0 Å². The Morgan fingerprint density at radius 2 is 1.70 bits per heavy atom. The standard InChI is InChI=1S/C27H30F3NO2/c1-15(2)23-21-22(20-18(31-23)13-25(3,4)14-19(20)32)26(11-5-6-12-26)33-24(21)16-7-9-17(10-8-16)27(28,29)30/h7-10,15,24H,5-6,11-14H2,1-4H3. The molecule has 1 saturated carbocycles. The summed E-state index contributed by atoms with van der Waals surface area (Å²) in [5.41, 5.74) is 3.70. The van der Waals surface area contributed by atoms with Crippen molar-refractivity contribution in [1.29, 1.82) is 0 Å². The molecule has 1 unspecified atom stereocenters. The van der Waals surface area contributed by atoms with Gasteiger partial charge in [0, 0.05) is 28.8 Å². The highest BCUT2D eigenvalue weighted by molar-refractivity contribution is 6.01. The molecule has 3 aliphatic rings. The highest BCUT2D eigenvalue weighted by atomic mass is 19.4. The molecular weight excluding hydrogens is 427 g/mol. The fourth-order valence-corrected chi connectivity index (χ4v) is 6.05. The Kier molecular flexibility index (Phi) is 5.06. The average molecular weight is 458 g/mol. The number of benzene rings is 1. The van der Waals surface area contributed by atoms with Crippen molar-refractivity contribution in [2.45, 2.75) is 90.0 Å². The Morgan fingerprint density at radius 1 is 1.06 bits per heavy atom. The summed E-state index contributed by atoms with van der Waals surface area (Å²) in [7, 11) is 0. The van der Waals surface area contributed by atoms with E-state index in [2.05, 4.69) is 27.7 Å². The second-order valence-corrected chi connectivity index (χ2v) is 11.0. The van der Waals surface area contributed by atoms with Crippen molar-refractivity contribution >= 4 is 5.78 Å². The van der Waals surface area contributed by atoms with Gasteiger partial charge in [-0.25, -0.2) is 0 Å². The molecule has 2 aliphatic carbocycles. The van der Waals surface area contributed by atoms with Crippen LogP contribution in [0.5, 0.6) is 0 Å². The van der Waals surface area contributed by atoms with E-state index in [0.717, 1.165) is 72.3 Å². The lowest BCUT2D eigenvalue weighted by molar-refractivity contribution is -0.137. The quantitative estimate of drug-likeness (QED) is 0.476. The first-order valence-electron chi connectivity index (χ1n) is 11.9. The van der Waals surface area contributed by atoms with Gasteiger partial charge < -0.3 is 4.74 Å². The third kappa shape index (κ3) is 3.61. The van der Waals surface area contributed by atoms with Crippen molar-refractivity contribution in [1.82, 2.24) is 4.98 Å². The van der Waals surface area contributed by atoms with E-state index in [0.29, 0.717) is 12.0 Å². The SMILES string of the molecule is CC(C)c1nc2c(c3c1C(c1ccc(C(F)(F)F)cc1)OC31CCCC1)C(=O)CC(C)(C)C2. The van der Waals surface area contributed by atoms with Crippen LogP contribution in [0.3, 0.4) is 0 Å². The number of hydrogen-bond donors (Lipinski definition) is 0. The summed E-state index contributed by atoms with van der Waals surface area (Å²) in [5.74, 6) is 0.213. The lowest BCUT2D eigenvalue weighted by Gasteiger charge is -2.34. The van der Waals surface area contributed by atoms with Crippen LogP contribution in [0.4, 0.5) is 13.2 Å². The zero-order chi connectivity index (χ0) is 23.8. The van der Waals surface area contributed by atoms with Crippen LogP contribution in [-0.4, -0.2) is 10.8 Å². The van der Waals surface area contributed by atoms with E-state index in [4.69, 9.17) is 9.72 Å². The molecule has 2 heterocycles. The van der Waals surface area contributed by atoms with Gasteiger partial charge in [-0.1, -0.05) is 52.7 Å². The number of halogens is 3. The van der Waals surface area contributed by atoms with Crippen LogP contribution in [0.2, 0.25) is 0 Å². The van der Waals surface area contributed by atoms with E-state index in [1.54, 1.807) is 0 Å². The van der Waals surface area contributed by atoms with Crippen LogP contribution in [0.15, 0.2) is 24.3 Å². The third-order valence-electron chi connectivity index (χ3n) is 7.46. The number of rotatable bonds is 2. The predicted octanol–water partition coefficient (Wildman–Crippen LogP) is 7.27. The molecule has 0 N–H and O–H groups in total. The van der Waals surface area contributed by atoms with Crippen molar-refractivity contribution in [3.05, 3.63) is 63.5 Å². The molecule has 1 spiro atoms. The highest BCUT2D eigenvalue weighted by Gasteiger charge is 2.52. The molecule has 33 heavy (non-hydrogen) atoms. The fraction of sp³-hybridized carbons (Fsp3) is 0.556. The monoisotopic (exact) mass is 457 g/mol. The van der Waals surface area contributed by atoms with Crippen LogP contribution in [-0.2, 0) is 22.9 Å². The number of pyridine rings is 1. The smallest absolute Gasteiger partial charge is 0.358 e. The van der Waals surface area contributed by atoms with Crippen LogP contribution < -0.4 is 0 Å². The third-order valence-corrected chi connectivity index (χ3v) is 7.46. The summed E-state index contributed by atoms with van der Waals surface area (Å²) < 4.78 is 46.3. The minimum absolute atomic E-state index is 0.0984. The minimum atomic E-state index is -4.39. The zero-order valence-electron chi connectivity index (χ0n) is 19.6. The van der Waals surface area contributed by atoms with Gasteiger partial charge in [-0.3, -0.25) is 9.78 Å². The van der Waals surface area contributed by atoms with Crippen LogP contribution in [0, 0.1) is 5.41 Å². The predicted molar refractivity (Wildman–Crippen MR) is 119 cm³/mol. The molecule has 1 atom stereocenters. The first-order valence-corrected chi connectivity index (χ1v) is 11.9. The molecule has 0 amide bonds. The molecule has 2 aromatic rings. The number of hydrogen-bond acceptors (Lipinski definition) is 3. The summed E-state index contributed by atoms with van der Waals surface area (Å²) in [5, 5.41) is 0. The zero-order valence-corrected chi connectivity index (χ0v) is 19.6. The summed E-state index contributed by atoms with van der Waals surface area (Å²) in [4.78, 5) is 18.5. The lowest BCUT2D eigenvalue weighted by Crippen LogP contribution is -2.33. The molecule has 0 bridgehead atoms. The van der Waals surface area contributed by atoms with Gasteiger partial charge in [0.1, 0.15) is 6.10 Å². The fourth-order valence-electron chi connectivity index (χ4n) is 6.05. The molecule has 6 heteroatoms. The van der Waals surface area contributed by atoms with E-state index in [1.807, 2.05) is 0 Å². The number of nitrogens with zero attached hydrogens (tertiary/aromatic N) is 1. The van der Waals surface area contributed by atoms with Gasteiger partial charge in [0.2, 0.25) is 0 Å². The molecule has 1 aromatic carbocycles. The van der Waals surface area contributed by atoms with Crippen molar-refractivity contribution < 1.29 is 22.7 Å². The topological polar surface area (TPSA) is 39.2 Å². The Balaban J connectivity index is 1.74. The summed E-state index contributed by atoms with van der Waals surface area (Å²) in [6.07, 6.45) is -0.0389. The normalized spacial score (nSPS) is 23.3. The molecule has 0 saturated heterocycles. The Hall–Kier alpha value is -2.21. The second-order valence-electron chi connectivity index (χ2n) is 11.0. The summed E-state index contributed by atoms with van der Waals surface area (Å²) in [6.45, 7) is 8.36. The van der Waals surface area contributed by atoms with E-state index >= 15 is 0 Å². The van der Waals surface area contributed by atoms with Crippen LogP contribution >= 0.6 is 0 Å². The molecule has 0 radical (unpaired) electrons. The first-order chi connectivity index (χ1) is 15.4. The molecule has 1 aliphatic heterocycles. The van der Waals surface area contributed by atoms with Crippen molar-refractivity contribution in [2.24, 2.45) is 5.41 Å². The molecule has 1 aromatic heterocycles. The van der Waals surface area contributed by atoms with Crippen molar-refractivity contribution in [2.75, 3.05) is 0 Å². The maximum absolute atomic E-state index is 13.5. The van der Waals surface area contributed by atoms with Gasteiger partial charge in [0.15, 0.2) is 5.78 Å². The molecule has 1 fully saturated rings. The van der Waals surface area contributed by atoms with Gasteiger partial charge in [0.05, 0.1) is 16.9 Å². The van der Waals surface area contributed by atoms with E-state index in [-0.39, 0.29) is 17.1 Å². The average Bonchev–Trinajstić information content (AvgIpc) is 3.31. The molecule has 3 nitrogen and oxygen atoms in total. The Labute approximate surface area is 192 Å². The number of fused-ring (bicyclic) bond motifs is 4. The number of carbonyl (C=O) groups excluding carboxylic acids is 1. The number of aromatic nitrogens is 1. The largest absolute Gasteiger partial charge is 0.416 e. The summed E-state index contributed by atoms with van der Waals surface area (Å²) in [6, 6.07) is 5.26. The van der Waals surface area contributed by atoms with Crippen molar-refractivity contribution in [3.63, 3.8) is 0 Å². The maximum atomic E-state index is 13.5. The first kappa shape index (κ1) is 22.6. The van der Waals surface area contributed by atoms with Gasteiger partial charge in [-0.05, 0) is 48.3 Å². The van der Waals surface area contributed by atoms with Crippen LogP contribution in [0.1, 0.15) is 116 Å². The highest BCUT2D eigenvalue weighted by Crippen LogP contribution is 2.58. The summed E-state index contributed by atoms with van der Waals surface area (Å²) >= 11 is 0. The molecule has 176 valence electrons. The Bertz CT molecular complexity index is 1110. The van der Waals surface area contributed by atoms with Gasteiger partial charge in [0.25, 0.3) is 0 Å². The maximum Gasteiger partial charge on any atom is 0.416 e. The van der Waals surface area contributed by atoms with Gasteiger partial charge in [-0.15, -0.1) is 0 Å². The lowest BCUT2D eigenvalue weighted by atomic mass is 9.71. The minimum Gasteiger partial charge on any atom is -0.358 e. The van der Waals surface area contributed by atoms with E-state index in [1.165, 1.54) is 12.1 Å². The number of ether oxygens (including phenoxy) is 1. The number of alkyl halides is 3. The number of ketones is 1. The number of carbonyl (C=O) groups is 1. The molecule has 5 rings (SSSR count). The second kappa shape index (κ2) is 7.39. The Morgan fingerprint density at radius 3 is 2.27 bits per heavy atom. The van der Waals surface area contributed by atoms with Crippen molar-refractivity contribution in [3.8, 4) is 0 Å². The van der Waals surface area contributed by atoms with Gasteiger partial charge in [-0.2, -0.15) is 13.2 Å². The van der Waals surface area contributed by atoms with Crippen LogP contribution in [0.25, 0.3) is 0 Å². The van der Waals surface area contributed by atoms with E-state index < -0.39 is 23.4 Å². The number of Topliss-reactive ketones (excluding diaryl/α,β-unsaturated/α-hetero) is 1. The van der Waals surface area contributed by atoms with Gasteiger partial charge >= 0.3 is 6.18 Å².